The highest BCUT2D eigenvalue weighted by Gasteiger charge is 2.22. The minimum absolute atomic E-state index is 0.0354. The number of hydrogen-bond donors (Lipinski definition) is 3. The van der Waals surface area contributed by atoms with Gasteiger partial charge in [0.05, 0.1) is 10.6 Å². The monoisotopic (exact) mass is 262 g/mol. The van der Waals surface area contributed by atoms with Gasteiger partial charge in [-0.05, 0) is 6.07 Å². The highest BCUT2D eigenvalue weighted by molar-refractivity contribution is 7.86. The zero-order valence-electron chi connectivity index (χ0n) is 8.53. The quantitative estimate of drug-likeness (QED) is 0.299. The lowest BCUT2D eigenvalue weighted by atomic mass is 10.1. The van der Waals surface area contributed by atoms with Gasteiger partial charge in [0.2, 0.25) is 0 Å². The van der Waals surface area contributed by atoms with E-state index in [0.29, 0.717) is 6.07 Å². The van der Waals surface area contributed by atoms with Crippen LogP contribution in [0.5, 0.6) is 0 Å². The fraction of sp³-hybridized carbons (Fsp3) is 0.250. The van der Waals surface area contributed by atoms with Gasteiger partial charge in [0, 0.05) is 24.7 Å². The first-order chi connectivity index (χ1) is 7.77. The van der Waals surface area contributed by atoms with Gasteiger partial charge < -0.3 is 10.8 Å². The summed E-state index contributed by atoms with van der Waals surface area (Å²) in [5, 5.41) is 19.4. The van der Waals surface area contributed by atoms with Gasteiger partial charge in [-0.3, -0.25) is 14.7 Å². The molecule has 9 heteroatoms. The summed E-state index contributed by atoms with van der Waals surface area (Å²) in [6.45, 7) is -0.342. The first-order valence-electron chi connectivity index (χ1n) is 4.42. The number of aliphatic hydroxyl groups is 1. The summed E-state index contributed by atoms with van der Waals surface area (Å²) >= 11 is 0. The third-order valence-electron chi connectivity index (χ3n) is 2.07. The van der Waals surface area contributed by atoms with Crippen LogP contribution in [-0.4, -0.2) is 29.6 Å². The van der Waals surface area contributed by atoms with Gasteiger partial charge >= 0.3 is 0 Å². The molecule has 0 aromatic heterocycles. The minimum atomic E-state index is -4.61. The van der Waals surface area contributed by atoms with Crippen molar-refractivity contribution in [3.05, 3.63) is 27.8 Å². The standard InChI is InChI=1S/C8H10N2O6S/c9-6-3-5(1-2-11)7(10(12)13)4-8(6)17(14,15)16/h3-4,11H,1-2,9H2,(H,14,15,16). The van der Waals surface area contributed by atoms with Crippen LogP contribution in [0.2, 0.25) is 0 Å². The Morgan fingerprint density at radius 1 is 1.41 bits per heavy atom. The van der Waals surface area contributed by atoms with E-state index in [1.807, 2.05) is 0 Å². The fourth-order valence-electron chi connectivity index (χ4n) is 1.35. The molecule has 0 saturated carbocycles. The summed E-state index contributed by atoms with van der Waals surface area (Å²) in [5.74, 6) is 0. The van der Waals surface area contributed by atoms with Gasteiger partial charge in [-0.15, -0.1) is 0 Å². The first kappa shape index (κ1) is 13.4. The molecule has 0 bridgehead atoms. The lowest BCUT2D eigenvalue weighted by Gasteiger charge is -2.06. The Morgan fingerprint density at radius 3 is 2.41 bits per heavy atom. The first-order valence-corrected chi connectivity index (χ1v) is 5.86. The Balaban J connectivity index is 3.51. The molecule has 4 N–H and O–H groups in total. The summed E-state index contributed by atoms with van der Waals surface area (Å²) in [5.41, 5.74) is 4.65. The van der Waals surface area contributed by atoms with E-state index >= 15 is 0 Å². The summed E-state index contributed by atoms with van der Waals surface area (Å²) in [7, 11) is -4.61. The molecule has 0 radical (unpaired) electrons. The summed E-state index contributed by atoms with van der Waals surface area (Å²) in [6, 6.07) is 1.73. The molecule has 0 spiro atoms. The SMILES string of the molecule is Nc1cc(CCO)c([N+](=O)[O-])cc1S(=O)(=O)O. The van der Waals surface area contributed by atoms with E-state index in [4.69, 9.17) is 15.4 Å². The predicted octanol–water partition coefficient (Wildman–Crippen LogP) is -0.0415. The van der Waals surface area contributed by atoms with Gasteiger partial charge in [0.25, 0.3) is 15.8 Å². The van der Waals surface area contributed by atoms with Crippen LogP contribution in [0, 0.1) is 10.1 Å². The smallest absolute Gasteiger partial charge is 0.296 e. The van der Waals surface area contributed by atoms with Crippen molar-refractivity contribution in [2.75, 3.05) is 12.3 Å². The Morgan fingerprint density at radius 2 is 2.00 bits per heavy atom. The maximum absolute atomic E-state index is 10.9. The normalized spacial score (nSPS) is 11.4. The van der Waals surface area contributed by atoms with Crippen molar-refractivity contribution in [3.8, 4) is 0 Å². The van der Waals surface area contributed by atoms with Crippen LogP contribution in [0.4, 0.5) is 11.4 Å². The molecule has 8 nitrogen and oxygen atoms in total. The zero-order valence-corrected chi connectivity index (χ0v) is 9.35. The van der Waals surface area contributed by atoms with Crippen molar-refractivity contribution in [1.29, 1.82) is 0 Å². The molecule has 1 rings (SSSR count). The van der Waals surface area contributed by atoms with E-state index in [0.717, 1.165) is 6.07 Å². The van der Waals surface area contributed by atoms with Crippen LogP contribution in [-0.2, 0) is 16.5 Å². The van der Waals surface area contributed by atoms with Gasteiger partial charge in [-0.2, -0.15) is 8.42 Å². The maximum Gasteiger partial charge on any atom is 0.296 e. The van der Waals surface area contributed by atoms with Crippen molar-refractivity contribution in [1.82, 2.24) is 0 Å². The zero-order chi connectivity index (χ0) is 13.2. The number of nitro benzene ring substituents is 1. The number of nitrogens with zero attached hydrogens (tertiary/aromatic N) is 1. The van der Waals surface area contributed by atoms with E-state index in [2.05, 4.69) is 0 Å². The Kier molecular flexibility index (Phi) is 3.66. The summed E-state index contributed by atoms with van der Waals surface area (Å²) < 4.78 is 30.6. The molecule has 0 saturated heterocycles. The van der Waals surface area contributed by atoms with E-state index in [1.165, 1.54) is 0 Å². The molecule has 0 fully saturated rings. The van der Waals surface area contributed by atoms with Crippen LogP contribution >= 0.6 is 0 Å². The molecule has 0 aliphatic heterocycles. The average Bonchev–Trinajstić information content (AvgIpc) is 2.15. The van der Waals surface area contributed by atoms with Crippen LogP contribution in [0.3, 0.4) is 0 Å². The van der Waals surface area contributed by atoms with Gasteiger partial charge in [0.15, 0.2) is 0 Å². The molecule has 0 unspecified atom stereocenters. The molecular formula is C8H10N2O6S. The number of nitrogen functional groups attached to an aromatic ring is 1. The molecule has 0 aliphatic rings. The number of hydrogen-bond acceptors (Lipinski definition) is 6. The molecule has 1 aromatic rings. The molecule has 94 valence electrons. The lowest BCUT2D eigenvalue weighted by Crippen LogP contribution is -2.07. The van der Waals surface area contributed by atoms with E-state index < -0.39 is 25.6 Å². The number of benzene rings is 1. The molecule has 0 heterocycles. The van der Waals surface area contributed by atoms with Crippen LogP contribution in [0.1, 0.15) is 5.56 Å². The third-order valence-corrected chi connectivity index (χ3v) is 2.98. The van der Waals surface area contributed by atoms with Crippen molar-refractivity contribution in [3.63, 3.8) is 0 Å². The maximum atomic E-state index is 10.9. The van der Waals surface area contributed by atoms with Crippen LogP contribution in [0.15, 0.2) is 17.0 Å². The number of aliphatic hydroxyl groups excluding tert-OH is 1. The predicted molar refractivity (Wildman–Crippen MR) is 58.1 cm³/mol. The third kappa shape index (κ3) is 2.90. The van der Waals surface area contributed by atoms with E-state index in [-0.39, 0.29) is 24.3 Å². The molecule has 0 atom stereocenters. The highest BCUT2D eigenvalue weighted by atomic mass is 32.2. The Bertz CT molecular complexity index is 553. The minimum Gasteiger partial charge on any atom is -0.398 e. The van der Waals surface area contributed by atoms with Crippen molar-refractivity contribution in [2.45, 2.75) is 11.3 Å². The second kappa shape index (κ2) is 4.65. The average molecular weight is 262 g/mol. The molecule has 17 heavy (non-hydrogen) atoms. The largest absolute Gasteiger partial charge is 0.398 e. The van der Waals surface area contributed by atoms with E-state index in [1.54, 1.807) is 0 Å². The van der Waals surface area contributed by atoms with Gasteiger partial charge in [-0.1, -0.05) is 0 Å². The Hall–Kier alpha value is -1.71. The van der Waals surface area contributed by atoms with Crippen molar-refractivity contribution < 1.29 is 23.0 Å². The lowest BCUT2D eigenvalue weighted by molar-refractivity contribution is -0.385. The fourth-order valence-corrected chi connectivity index (χ4v) is 1.96. The topological polar surface area (TPSA) is 144 Å². The summed E-state index contributed by atoms with van der Waals surface area (Å²) in [4.78, 5) is 9.17. The summed E-state index contributed by atoms with van der Waals surface area (Å²) in [6.07, 6.45) is -0.0354. The van der Waals surface area contributed by atoms with Crippen molar-refractivity contribution >= 4 is 21.5 Å². The number of rotatable bonds is 4. The number of anilines is 1. The van der Waals surface area contributed by atoms with E-state index in [9.17, 15) is 18.5 Å². The second-order valence-corrected chi connectivity index (χ2v) is 4.61. The van der Waals surface area contributed by atoms with Crippen molar-refractivity contribution in [2.24, 2.45) is 0 Å². The van der Waals surface area contributed by atoms with Gasteiger partial charge in [0.1, 0.15) is 4.90 Å². The number of nitro groups is 1. The Labute approximate surface area is 96.6 Å². The second-order valence-electron chi connectivity index (χ2n) is 3.22. The number of nitrogens with two attached hydrogens (primary N) is 1. The molecule has 0 aliphatic carbocycles. The van der Waals surface area contributed by atoms with Crippen LogP contribution < -0.4 is 5.73 Å². The molecule has 0 amide bonds. The highest BCUT2D eigenvalue weighted by Crippen LogP contribution is 2.28. The molecule has 1 aromatic carbocycles. The van der Waals surface area contributed by atoms with Crippen LogP contribution in [0.25, 0.3) is 0 Å². The van der Waals surface area contributed by atoms with Gasteiger partial charge in [-0.25, -0.2) is 0 Å². The molecular weight excluding hydrogens is 252 g/mol.